The van der Waals surface area contributed by atoms with Crippen LogP contribution in [0.25, 0.3) is 0 Å². The molecule has 0 unspecified atom stereocenters. The zero-order valence-corrected chi connectivity index (χ0v) is 13.2. The number of alkyl halides is 3. The monoisotopic (exact) mass is 352 g/mol. The second-order valence-electron chi connectivity index (χ2n) is 5.01. The van der Waals surface area contributed by atoms with Crippen molar-refractivity contribution in [3.63, 3.8) is 0 Å². The number of esters is 1. The number of amides is 1. The summed E-state index contributed by atoms with van der Waals surface area (Å²) < 4.78 is 42.1. The number of anilines is 2. The molecule has 0 saturated heterocycles. The molecular weight excluding hydrogens is 337 g/mol. The Kier molecular flexibility index (Phi) is 5.63. The molecule has 0 aliphatic heterocycles. The van der Waals surface area contributed by atoms with Gasteiger partial charge in [0.25, 0.3) is 0 Å². The smallest absolute Gasteiger partial charge is 0.416 e. The summed E-state index contributed by atoms with van der Waals surface area (Å²) in [4.78, 5) is 23.5. The number of carbonyl (C=O) groups excluding carboxylic acids is 2. The number of methoxy groups -OCH3 is 1. The molecule has 1 amide bonds. The molecule has 2 N–H and O–H groups in total. The van der Waals surface area contributed by atoms with Crippen molar-refractivity contribution in [1.29, 1.82) is 0 Å². The summed E-state index contributed by atoms with van der Waals surface area (Å²) in [5.74, 6) is -1.02. The van der Waals surface area contributed by atoms with E-state index in [-0.39, 0.29) is 17.8 Å². The number of para-hydroxylation sites is 1. The average molecular weight is 352 g/mol. The van der Waals surface area contributed by atoms with Crippen molar-refractivity contribution < 1.29 is 27.5 Å². The first-order chi connectivity index (χ1) is 11.8. The van der Waals surface area contributed by atoms with Crippen molar-refractivity contribution in [1.82, 2.24) is 0 Å². The number of carbonyl (C=O) groups is 2. The molecule has 0 spiro atoms. The highest BCUT2D eigenvalue weighted by molar-refractivity contribution is 5.98. The summed E-state index contributed by atoms with van der Waals surface area (Å²) in [5.41, 5.74) is 0.126. The van der Waals surface area contributed by atoms with Gasteiger partial charge in [-0.25, -0.2) is 4.79 Å². The molecule has 2 rings (SSSR count). The Balaban J connectivity index is 1.97. The van der Waals surface area contributed by atoms with E-state index < -0.39 is 23.6 Å². The van der Waals surface area contributed by atoms with Crippen LogP contribution in [-0.4, -0.2) is 25.5 Å². The van der Waals surface area contributed by atoms with Gasteiger partial charge in [-0.2, -0.15) is 13.2 Å². The third-order valence-corrected chi connectivity index (χ3v) is 3.27. The van der Waals surface area contributed by atoms with Crippen molar-refractivity contribution in [3.8, 4) is 0 Å². The van der Waals surface area contributed by atoms with Gasteiger partial charge in [0.1, 0.15) is 0 Å². The minimum Gasteiger partial charge on any atom is -0.465 e. The lowest BCUT2D eigenvalue weighted by Gasteiger charge is -2.11. The van der Waals surface area contributed by atoms with Gasteiger partial charge in [-0.3, -0.25) is 4.79 Å². The molecule has 132 valence electrons. The van der Waals surface area contributed by atoms with Crippen LogP contribution in [0.5, 0.6) is 0 Å². The normalized spacial score (nSPS) is 10.9. The third kappa shape index (κ3) is 4.97. The molecule has 0 aliphatic rings. The molecule has 5 nitrogen and oxygen atoms in total. The van der Waals surface area contributed by atoms with Gasteiger partial charge in [0.2, 0.25) is 5.91 Å². The van der Waals surface area contributed by atoms with E-state index in [9.17, 15) is 22.8 Å². The van der Waals surface area contributed by atoms with E-state index in [0.29, 0.717) is 5.69 Å². The third-order valence-electron chi connectivity index (χ3n) is 3.27. The molecular formula is C17H15F3N2O3. The van der Waals surface area contributed by atoms with Crippen LogP contribution in [0, 0.1) is 0 Å². The van der Waals surface area contributed by atoms with Gasteiger partial charge in [-0.05, 0) is 36.4 Å². The molecule has 0 saturated carbocycles. The molecule has 8 heteroatoms. The van der Waals surface area contributed by atoms with Crippen LogP contribution in [0.1, 0.15) is 15.9 Å². The molecule has 25 heavy (non-hydrogen) atoms. The van der Waals surface area contributed by atoms with E-state index in [4.69, 9.17) is 0 Å². The summed E-state index contributed by atoms with van der Waals surface area (Å²) >= 11 is 0. The molecule has 2 aromatic carbocycles. The van der Waals surface area contributed by atoms with Gasteiger partial charge in [0.15, 0.2) is 0 Å². The van der Waals surface area contributed by atoms with Gasteiger partial charge in [0.05, 0.1) is 24.8 Å². The van der Waals surface area contributed by atoms with Crippen molar-refractivity contribution in [2.24, 2.45) is 0 Å². The summed E-state index contributed by atoms with van der Waals surface area (Å²) in [7, 11) is 1.25. The summed E-state index contributed by atoms with van der Waals surface area (Å²) in [5, 5.41) is 5.26. The first-order valence-electron chi connectivity index (χ1n) is 7.19. The second kappa shape index (κ2) is 7.69. The minimum absolute atomic E-state index is 0.172. The minimum atomic E-state index is -4.43. The SMILES string of the molecule is COC(=O)c1ccccc1NCC(=O)Nc1ccc(C(F)(F)F)cc1. The second-order valence-corrected chi connectivity index (χ2v) is 5.01. The predicted molar refractivity (Wildman–Crippen MR) is 86.3 cm³/mol. The van der Waals surface area contributed by atoms with Crippen molar-refractivity contribution >= 4 is 23.3 Å². The molecule has 0 heterocycles. The topological polar surface area (TPSA) is 67.4 Å². The van der Waals surface area contributed by atoms with E-state index in [1.54, 1.807) is 24.3 Å². The first kappa shape index (κ1) is 18.3. The Bertz CT molecular complexity index is 758. The molecule has 0 aromatic heterocycles. The largest absolute Gasteiger partial charge is 0.465 e. The Hall–Kier alpha value is -3.03. The van der Waals surface area contributed by atoms with Crippen LogP contribution in [0.2, 0.25) is 0 Å². The Labute approximate surface area is 141 Å². The number of benzene rings is 2. The maximum Gasteiger partial charge on any atom is 0.416 e. The van der Waals surface area contributed by atoms with Gasteiger partial charge in [0, 0.05) is 11.4 Å². The molecule has 0 bridgehead atoms. The zero-order chi connectivity index (χ0) is 18.4. The number of hydrogen-bond acceptors (Lipinski definition) is 4. The van der Waals surface area contributed by atoms with Crippen LogP contribution in [0.3, 0.4) is 0 Å². The van der Waals surface area contributed by atoms with Gasteiger partial charge < -0.3 is 15.4 Å². The fraction of sp³-hybridized carbons (Fsp3) is 0.176. The molecule has 2 aromatic rings. The van der Waals surface area contributed by atoms with Crippen LogP contribution >= 0.6 is 0 Å². The van der Waals surface area contributed by atoms with Gasteiger partial charge in [-0.15, -0.1) is 0 Å². The van der Waals surface area contributed by atoms with Crippen LogP contribution in [0.4, 0.5) is 24.5 Å². The lowest BCUT2D eigenvalue weighted by Crippen LogP contribution is -2.22. The maximum absolute atomic E-state index is 12.5. The Morgan fingerprint density at radius 3 is 2.28 bits per heavy atom. The van der Waals surface area contributed by atoms with Crippen molar-refractivity contribution in [2.45, 2.75) is 6.18 Å². The van der Waals surface area contributed by atoms with E-state index in [1.807, 2.05) is 0 Å². The predicted octanol–water partition coefficient (Wildman–Crippen LogP) is 3.54. The Morgan fingerprint density at radius 2 is 1.68 bits per heavy atom. The van der Waals surface area contributed by atoms with Gasteiger partial charge in [-0.1, -0.05) is 12.1 Å². The average Bonchev–Trinajstić information content (AvgIpc) is 2.59. The number of halogens is 3. The van der Waals surface area contributed by atoms with Crippen LogP contribution in [0.15, 0.2) is 48.5 Å². The zero-order valence-electron chi connectivity index (χ0n) is 13.2. The highest BCUT2D eigenvalue weighted by Crippen LogP contribution is 2.29. The number of hydrogen-bond donors (Lipinski definition) is 2. The van der Waals surface area contributed by atoms with E-state index in [1.165, 1.54) is 19.2 Å². The lowest BCUT2D eigenvalue weighted by atomic mass is 10.2. The van der Waals surface area contributed by atoms with Crippen molar-refractivity contribution in [2.75, 3.05) is 24.3 Å². The molecule has 0 radical (unpaired) electrons. The summed E-state index contributed by atoms with van der Waals surface area (Å²) in [6, 6.07) is 10.6. The van der Waals surface area contributed by atoms with Crippen molar-refractivity contribution in [3.05, 3.63) is 59.7 Å². The summed E-state index contributed by atoms with van der Waals surface area (Å²) in [6.07, 6.45) is -4.43. The van der Waals surface area contributed by atoms with Crippen LogP contribution < -0.4 is 10.6 Å². The van der Waals surface area contributed by atoms with Crippen LogP contribution in [-0.2, 0) is 15.7 Å². The number of ether oxygens (including phenoxy) is 1. The lowest BCUT2D eigenvalue weighted by molar-refractivity contribution is -0.137. The van der Waals surface area contributed by atoms with E-state index in [0.717, 1.165) is 12.1 Å². The number of rotatable bonds is 5. The highest BCUT2D eigenvalue weighted by atomic mass is 19.4. The van der Waals surface area contributed by atoms with E-state index >= 15 is 0 Å². The Morgan fingerprint density at radius 1 is 1.04 bits per heavy atom. The number of nitrogens with one attached hydrogen (secondary N) is 2. The highest BCUT2D eigenvalue weighted by Gasteiger charge is 2.29. The van der Waals surface area contributed by atoms with Gasteiger partial charge >= 0.3 is 12.1 Å². The first-order valence-corrected chi connectivity index (χ1v) is 7.19. The van der Waals surface area contributed by atoms with E-state index in [2.05, 4.69) is 15.4 Å². The fourth-order valence-corrected chi connectivity index (χ4v) is 2.05. The fourth-order valence-electron chi connectivity index (χ4n) is 2.05. The standard InChI is InChI=1S/C17H15F3N2O3/c1-25-16(24)13-4-2-3-5-14(13)21-10-15(23)22-12-8-6-11(7-9-12)17(18,19)20/h2-9,21H,10H2,1H3,(H,22,23). The maximum atomic E-state index is 12.5. The molecule has 0 atom stereocenters. The molecule has 0 fully saturated rings. The summed E-state index contributed by atoms with van der Waals surface area (Å²) in [6.45, 7) is -0.172. The molecule has 0 aliphatic carbocycles. The quantitative estimate of drug-likeness (QED) is 0.808.